The Balaban J connectivity index is 2.37. The SMILES string of the molecule is CCNC(C)c1cccc(-c2ccc(C)cc2C)c1. The fourth-order valence-electron chi connectivity index (χ4n) is 2.54. The number of aryl methyl sites for hydroxylation is 2. The van der Waals surface area contributed by atoms with Gasteiger partial charge in [-0.15, -0.1) is 0 Å². The van der Waals surface area contributed by atoms with Crippen LogP contribution in [0.4, 0.5) is 0 Å². The van der Waals surface area contributed by atoms with E-state index in [0.717, 1.165) is 6.54 Å². The summed E-state index contributed by atoms with van der Waals surface area (Å²) in [5.74, 6) is 0. The van der Waals surface area contributed by atoms with Gasteiger partial charge in [-0.25, -0.2) is 0 Å². The average molecular weight is 253 g/mol. The molecule has 2 rings (SSSR count). The van der Waals surface area contributed by atoms with E-state index >= 15 is 0 Å². The third-order valence-electron chi connectivity index (χ3n) is 3.59. The molecule has 0 aliphatic rings. The van der Waals surface area contributed by atoms with Crippen LogP contribution >= 0.6 is 0 Å². The topological polar surface area (TPSA) is 12.0 Å². The first-order valence-electron chi connectivity index (χ1n) is 7.02. The van der Waals surface area contributed by atoms with Crippen LogP contribution in [-0.2, 0) is 0 Å². The van der Waals surface area contributed by atoms with E-state index in [1.165, 1.54) is 27.8 Å². The number of benzene rings is 2. The van der Waals surface area contributed by atoms with Gasteiger partial charge in [-0.3, -0.25) is 0 Å². The molecule has 0 aliphatic carbocycles. The fourth-order valence-corrected chi connectivity index (χ4v) is 2.54. The molecule has 0 fully saturated rings. The number of hydrogen-bond donors (Lipinski definition) is 1. The van der Waals surface area contributed by atoms with Gasteiger partial charge in [0.25, 0.3) is 0 Å². The summed E-state index contributed by atoms with van der Waals surface area (Å²) in [6.07, 6.45) is 0. The maximum Gasteiger partial charge on any atom is 0.0291 e. The molecule has 0 spiro atoms. The molecule has 0 saturated carbocycles. The molecule has 0 aliphatic heterocycles. The predicted octanol–water partition coefficient (Wildman–Crippen LogP) is 4.64. The Morgan fingerprint density at radius 2 is 1.84 bits per heavy atom. The Hall–Kier alpha value is -1.60. The first kappa shape index (κ1) is 13.8. The minimum absolute atomic E-state index is 0.399. The molecule has 0 aromatic heterocycles. The van der Waals surface area contributed by atoms with Crippen molar-refractivity contribution in [3.05, 3.63) is 59.2 Å². The maximum absolute atomic E-state index is 3.46. The molecule has 19 heavy (non-hydrogen) atoms. The van der Waals surface area contributed by atoms with E-state index < -0.39 is 0 Å². The predicted molar refractivity (Wildman–Crippen MR) is 83.4 cm³/mol. The van der Waals surface area contributed by atoms with Gasteiger partial charge in [0.05, 0.1) is 0 Å². The molecule has 100 valence electrons. The first-order valence-corrected chi connectivity index (χ1v) is 7.02. The number of hydrogen-bond acceptors (Lipinski definition) is 1. The highest BCUT2D eigenvalue weighted by Gasteiger charge is 2.07. The summed E-state index contributed by atoms with van der Waals surface area (Å²) in [7, 11) is 0. The summed E-state index contributed by atoms with van der Waals surface area (Å²) in [5, 5.41) is 3.46. The monoisotopic (exact) mass is 253 g/mol. The Kier molecular flexibility index (Phi) is 4.39. The average Bonchev–Trinajstić information content (AvgIpc) is 2.39. The molecule has 1 atom stereocenters. The van der Waals surface area contributed by atoms with Crippen molar-refractivity contribution in [3.63, 3.8) is 0 Å². The molecule has 1 N–H and O–H groups in total. The molecule has 0 amide bonds. The second-order valence-corrected chi connectivity index (χ2v) is 5.22. The second-order valence-electron chi connectivity index (χ2n) is 5.22. The molecule has 2 aromatic rings. The van der Waals surface area contributed by atoms with E-state index in [4.69, 9.17) is 0 Å². The van der Waals surface area contributed by atoms with Crippen molar-refractivity contribution >= 4 is 0 Å². The van der Waals surface area contributed by atoms with Crippen LogP contribution in [0.25, 0.3) is 11.1 Å². The van der Waals surface area contributed by atoms with E-state index in [1.807, 2.05) is 0 Å². The molecular formula is C18H23N. The zero-order chi connectivity index (χ0) is 13.8. The van der Waals surface area contributed by atoms with Crippen molar-refractivity contribution in [2.75, 3.05) is 6.54 Å². The lowest BCUT2D eigenvalue weighted by atomic mass is 9.96. The van der Waals surface area contributed by atoms with Gasteiger partial charge >= 0.3 is 0 Å². The van der Waals surface area contributed by atoms with Crippen LogP contribution in [0.15, 0.2) is 42.5 Å². The molecule has 0 saturated heterocycles. The van der Waals surface area contributed by atoms with Crippen LogP contribution in [0.3, 0.4) is 0 Å². The summed E-state index contributed by atoms with van der Waals surface area (Å²) in [4.78, 5) is 0. The smallest absolute Gasteiger partial charge is 0.0291 e. The van der Waals surface area contributed by atoms with Gasteiger partial charge in [0.15, 0.2) is 0 Å². The lowest BCUT2D eigenvalue weighted by Gasteiger charge is -2.15. The second kappa shape index (κ2) is 6.03. The zero-order valence-corrected chi connectivity index (χ0v) is 12.3. The lowest BCUT2D eigenvalue weighted by Crippen LogP contribution is -2.17. The summed E-state index contributed by atoms with van der Waals surface area (Å²) in [6, 6.07) is 15.9. The lowest BCUT2D eigenvalue weighted by molar-refractivity contribution is 0.598. The van der Waals surface area contributed by atoms with E-state index in [1.54, 1.807) is 0 Å². The van der Waals surface area contributed by atoms with Crippen LogP contribution in [0.2, 0.25) is 0 Å². The number of nitrogens with one attached hydrogen (secondary N) is 1. The van der Waals surface area contributed by atoms with Gasteiger partial charge in [0.1, 0.15) is 0 Å². The van der Waals surface area contributed by atoms with Crippen LogP contribution in [0, 0.1) is 13.8 Å². The summed E-state index contributed by atoms with van der Waals surface area (Å²) >= 11 is 0. The van der Waals surface area contributed by atoms with Gasteiger partial charge < -0.3 is 5.32 Å². The summed E-state index contributed by atoms with van der Waals surface area (Å²) in [5.41, 5.74) is 6.64. The van der Waals surface area contributed by atoms with Crippen LogP contribution in [-0.4, -0.2) is 6.54 Å². The normalized spacial score (nSPS) is 12.4. The van der Waals surface area contributed by atoms with Gasteiger partial charge in [-0.05, 0) is 55.6 Å². The Morgan fingerprint density at radius 3 is 2.53 bits per heavy atom. The largest absolute Gasteiger partial charge is 0.310 e. The van der Waals surface area contributed by atoms with Crippen molar-refractivity contribution < 1.29 is 0 Å². The molecule has 2 aromatic carbocycles. The van der Waals surface area contributed by atoms with Crippen LogP contribution in [0.5, 0.6) is 0 Å². The standard InChI is InChI=1S/C18H23N/c1-5-19-15(4)16-7-6-8-17(12-16)18-10-9-13(2)11-14(18)3/h6-12,15,19H,5H2,1-4H3. The van der Waals surface area contributed by atoms with E-state index in [0.29, 0.717) is 6.04 Å². The van der Waals surface area contributed by atoms with E-state index in [-0.39, 0.29) is 0 Å². The number of rotatable bonds is 4. The van der Waals surface area contributed by atoms with Crippen LogP contribution in [0.1, 0.15) is 36.6 Å². The van der Waals surface area contributed by atoms with Gasteiger partial charge in [0.2, 0.25) is 0 Å². The molecule has 0 bridgehead atoms. The van der Waals surface area contributed by atoms with E-state index in [2.05, 4.69) is 75.5 Å². The quantitative estimate of drug-likeness (QED) is 0.837. The minimum atomic E-state index is 0.399. The Bertz CT molecular complexity index is 557. The van der Waals surface area contributed by atoms with Crippen molar-refractivity contribution in [3.8, 4) is 11.1 Å². The zero-order valence-electron chi connectivity index (χ0n) is 12.3. The molecular weight excluding hydrogens is 230 g/mol. The van der Waals surface area contributed by atoms with Crippen molar-refractivity contribution in [1.29, 1.82) is 0 Å². The first-order chi connectivity index (χ1) is 9.11. The van der Waals surface area contributed by atoms with E-state index in [9.17, 15) is 0 Å². The minimum Gasteiger partial charge on any atom is -0.310 e. The van der Waals surface area contributed by atoms with Crippen LogP contribution < -0.4 is 5.32 Å². The van der Waals surface area contributed by atoms with Crippen molar-refractivity contribution in [1.82, 2.24) is 5.32 Å². The molecule has 1 nitrogen and oxygen atoms in total. The Morgan fingerprint density at radius 1 is 1.05 bits per heavy atom. The molecule has 0 radical (unpaired) electrons. The Labute approximate surface area is 116 Å². The maximum atomic E-state index is 3.46. The highest BCUT2D eigenvalue weighted by Crippen LogP contribution is 2.26. The van der Waals surface area contributed by atoms with Gasteiger partial charge in [-0.2, -0.15) is 0 Å². The summed E-state index contributed by atoms with van der Waals surface area (Å²) < 4.78 is 0. The van der Waals surface area contributed by atoms with Gasteiger partial charge in [-0.1, -0.05) is 48.9 Å². The molecule has 1 unspecified atom stereocenters. The molecule has 0 heterocycles. The third-order valence-corrected chi connectivity index (χ3v) is 3.59. The van der Waals surface area contributed by atoms with Crippen molar-refractivity contribution in [2.24, 2.45) is 0 Å². The fraction of sp³-hybridized carbons (Fsp3) is 0.333. The molecule has 1 heteroatoms. The highest BCUT2D eigenvalue weighted by molar-refractivity contribution is 5.68. The third kappa shape index (κ3) is 3.24. The van der Waals surface area contributed by atoms with Crippen molar-refractivity contribution in [2.45, 2.75) is 33.7 Å². The highest BCUT2D eigenvalue weighted by atomic mass is 14.9. The summed E-state index contributed by atoms with van der Waals surface area (Å²) in [6.45, 7) is 9.67. The van der Waals surface area contributed by atoms with Gasteiger partial charge in [0, 0.05) is 6.04 Å².